The van der Waals surface area contributed by atoms with Crippen molar-refractivity contribution in [3.63, 3.8) is 0 Å². The average Bonchev–Trinajstić information content (AvgIpc) is 3.22. The molecule has 1 aromatic rings. The number of aryl methyl sites for hydroxylation is 1. The summed E-state index contributed by atoms with van der Waals surface area (Å²) >= 11 is 0. The second kappa shape index (κ2) is 6.29. The molecular formula is C18H26N2O2. The van der Waals surface area contributed by atoms with Gasteiger partial charge in [-0.05, 0) is 68.3 Å². The Hall–Kier alpha value is -1.55. The van der Waals surface area contributed by atoms with Crippen molar-refractivity contribution in [2.45, 2.75) is 32.6 Å². The molecule has 1 aromatic carbocycles. The smallest absolute Gasteiger partial charge is 0.223 e. The fourth-order valence-corrected chi connectivity index (χ4v) is 3.67. The second-order valence-electron chi connectivity index (χ2n) is 6.71. The molecule has 1 amide bonds. The largest absolute Gasteiger partial charge is 0.496 e. The van der Waals surface area contributed by atoms with Gasteiger partial charge in [0, 0.05) is 12.5 Å². The van der Waals surface area contributed by atoms with Crippen LogP contribution in [0.3, 0.4) is 0 Å². The number of piperidine rings is 1. The summed E-state index contributed by atoms with van der Waals surface area (Å²) in [7, 11) is 1.69. The number of methoxy groups -OCH3 is 1. The summed E-state index contributed by atoms with van der Waals surface area (Å²) < 4.78 is 5.34. The highest BCUT2D eigenvalue weighted by molar-refractivity contribution is 5.82. The first kappa shape index (κ1) is 15.3. The van der Waals surface area contributed by atoms with Gasteiger partial charge in [0.15, 0.2) is 0 Å². The van der Waals surface area contributed by atoms with Gasteiger partial charge in [-0.25, -0.2) is 0 Å². The summed E-state index contributed by atoms with van der Waals surface area (Å²) in [6.45, 7) is 4.87. The molecule has 1 heterocycles. The van der Waals surface area contributed by atoms with E-state index in [9.17, 15) is 4.79 Å². The Bertz CT molecular complexity index is 550. The van der Waals surface area contributed by atoms with Crippen molar-refractivity contribution in [1.29, 1.82) is 0 Å². The summed E-state index contributed by atoms with van der Waals surface area (Å²) in [6.07, 6.45) is 4.24. The monoisotopic (exact) mass is 302 g/mol. The molecule has 3 rings (SSSR count). The van der Waals surface area contributed by atoms with Crippen LogP contribution in [0.4, 0.5) is 0 Å². The molecule has 1 aliphatic carbocycles. The van der Waals surface area contributed by atoms with Crippen LogP contribution in [0.5, 0.6) is 5.75 Å². The molecule has 2 N–H and O–H groups in total. The number of ether oxygens (including phenoxy) is 1. The van der Waals surface area contributed by atoms with Gasteiger partial charge in [-0.2, -0.15) is 0 Å². The van der Waals surface area contributed by atoms with Crippen LogP contribution in [0.15, 0.2) is 18.2 Å². The lowest BCUT2D eigenvalue weighted by Crippen LogP contribution is -2.34. The Morgan fingerprint density at radius 2 is 2.18 bits per heavy atom. The van der Waals surface area contributed by atoms with Gasteiger partial charge in [-0.3, -0.25) is 4.79 Å². The Morgan fingerprint density at radius 3 is 2.91 bits per heavy atom. The number of amides is 1. The van der Waals surface area contributed by atoms with Gasteiger partial charge < -0.3 is 15.4 Å². The van der Waals surface area contributed by atoms with Crippen LogP contribution in [0.1, 0.15) is 30.4 Å². The lowest BCUT2D eigenvalue weighted by Gasteiger charge is -2.23. The van der Waals surface area contributed by atoms with Crippen molar-refractivity contribution in [3.8, 4) is 5.75 Å². The Kier molecular flexibility index (Phi) is 4.39. The van der Waals surface area contributed by atoms with E-state index in [4.69, 9.17) is 4.74 Å². The zero-order valence-corrected chi connectivity index (χ0v) is 13.6. The van der Waals surface area contributed by atoms with Crippen molar-refractivity contribution in [2.24, 2.45) is 11.3 Å². The number of hydrogen-bond donors (Lipinski definition) is 2. The molecule has 4 heteroatoms. The van der Waals surface area contributed by atoms with E-state index in [2.05, 4.69) is 28.8 Å². The van der Waals surface area contributed by atoms with E-state index < -0.39 is 0 Å². The minimum absolute atomic E-state index is 0.251. The minimum atomic E-state index is 0.251. The Morgan fingerprint density at radius 1 is 1.41 bits per heavy atom. The van der Waals surface area contributed by atoms with E-state index in [1.54, 1.807) is 7.11 Å². The third kappa shape index (κ3) is 3.12. The first-order valence-electron chi connectivity index (χ1n) is 8.27. The first-order valence-corrected chi connectivity index (χ1v) is 8.27. The van der Waals surface area contributed by atoms with Gasteiger partial charge in [0.1, 0.15) is 5.75 Å². The Labute approximate surface area is 132 Å². The molecule has 1 unspecified atom stereocenters. The molecule has 2 aliphatic rings. The molecule has 2 fully saturated rings. The average molecular weight is 302 g/mol. The summed E-state index contributed by atoms with van der Waals surface area (Å²) in [5, 5.41) is 6.49. The minimum Gasteiger partial charge on any atom is -0.496 e. The van der Waals surface area contributed by atoms with Crippen LogP contribution in [-0.2, 0) is 11.2 Å². The summed E-state index contributed by atoms with van der Waals surface area (Å²) in [6, 6.07) is 6.24. The highest BCUT2D eigenvalue weighted by Crippen LogP contribution is 2.58. The zero-order chi connectivity index (χ0) is 15.6. The van der Waals surface area contributed by atoms with Gasteiger partial charge in [0.25, 0.3) is 0 Å². The maximum Gasteiger partial charge on any atom is 0.223 e. The standard InChI is InChI=1S/C18H26N2O2/c1-13-3-4-14(11-16(13)22-2)5-8-20-17(21)15-12-18(15)6-9-19-10-7-18/h3-4,11,15,19H,5-10,12H2,1-2H3,(H,20,21). The summed E-state index contributed by atoms with van der Waals surface area (Å²) in [4.78, 5) is 12.3. The lowest BCUT2D eigenvalue weighted by molar-refractivity contribution is -0.123. The van der Waals surface area contributed by atoms with E-state index in [0.29, 0.717) is 12.0 Å². The zero-order valence-electron chi connectivity index (χ0n) is 13.6. The SMILES string of the molecule is COc1cc(CCNC(=O)C2CC23CCNCC3)ccc1C. The molecule has 22 heavy (non-hydrogen) atoms. The summed E-state index contributed by atoms with van der Waals surface area (Å²) in [5.74, 6) is 1.42. The molecule has 0 radical (unpaired) electrons. The van der Waals surface area contributed by atoms with Crippen LogP contribution in [0.2, 0.25) is 0 Å². The molecule has 0 aromatic heterocycles. The van der Waals surface area contributed by atoms with Gasteiger partial charge in [0.05, 0.1) is 7.11 Å². The molecule has 1 aliphatic heterocycles. The molecular weight excluding hydrogens is 276 g/mol. The second-order valence-corrected chi connectivity index (χ2v) is 6.71. The molecule has 4 nitrogen and oxygen atoms in total. The first-order chi connectivity index (χ1) is 10.6. The number of rotatable bonds is 5. The topological polar surface area (TPSA) is 50.4 Å². The fourth-order valence-electron chi connectivity index (χ4n) is 3.67. The van der Waals surface area contributed by atoms with Gasteiger partial charge in [0.2, 0.25) is 5.91 Å². The lowest BCUT2D eigenvalue weighted by atomic mass is 9.92. The molecule has 1 atom stereocenters. The number of hydrogen-bond acceptors (Lipinski definition) is 3. The highest BCUT2D eigenvalue weighted by Gasteiger charge is 2.57. The van der Waals surface area contributed by atoms with Gasteiger partial charge >= 0.3 is 0 Å². The van der Waals surface area contributed by atoms with E-state index in [-0.39, 0.29) is 11.8 Å². The molecule has 0 bridgehead atoms. The van der Waals surface area contributed by atoms with Crippen molar-refractivity contribution in [1.82, 2.24) is 10.6 Å². The van der Waals surface area contributed by atoms with Crippen molar-refractivity contribution >= 4 is 5.91 Å². The van der Waals surface area contributed by atoms with Crippen LogP contribution >= 0.6 is 0 Å². The van der Waals surface area contributed by atoms with E-state index >= 15 is 0 Å². The normalized spacial score (nSPS) is 22.4. The van der Waals surface area contributed by atoms with E-state index in [1.807, 2.05) is 6.92 Å². The maximum absolute atomic E-state index is 12.3. The maximum atomic E-state index is 12.3. The van der Waals surface area contributed by atoms with Crippen molar-refractivity contribution in [3.05, 3.63) is 29.3 Å². The summed E-state index contributed by atoms with van der Waals surface area (Å²) in [5.41, 5.74) is 2.67. The Balaban J connectivity index is 1.46. The number of nitrogens with one attached hydrogen (secondary N) is 2. The van der Waals surface area contributed by atoms with Gasteiger partial charge in [-0.1, -0.05) is 12.1 Å². The van der Waals surface area contributed by atoms with Crippen LogP contribution in [-0.4, -0.2) is 32.7 Å². The third-order valence-corrected chi connectivity index (χ3v) is 5.29. The fraction of sp³-hybridized carbons (Fsp3) is 0.611. The molecule has 120 valence electrons. The van der Waals surface area contributed by atoms with Crippen molar-refractivity contribution in [2.75, 3.05) is 26.7 Å². The number of benzene rings is 1. The predicted molar refractivity (Wildman–Crippen MR) is 87.1 cm³/mol. The van der Waals surface area contributed by atoms with E-state index in [1.165, 1.54) is 5.56 Å². The molecule has 1 saturated heterocycles. The van der Waals surface area contributed by atoms with E-state index in [0.717, 1.165) is 50.1 Å². The van der Waals surface area contributed by atoms with Crippen LogP contribution in [0, 0.1) is 18.3 Å². The quantitative estimate of drug-likeness (QED) is 0.875. The number of carbonyl (C=O) groups excluding carboxylic acids is 1. The van der Waals surface area contributed by atoms with Crippen LogP contribution in [0.25, 0.3) is 0 Å². The van der Waals surface area contributed by atoms with Crippen LogP contribution < -0.4 is 15.4 Å². The van der Waals surface area contributed by atoms with Crippen molar-refractivity contribution < 1.29 is 9.53 Å². The third-order valence-electron chi connectivity index (χ3n) is 5.29. The van der Waals surface area contributed by atoms with Gasteiger partial charge in [-0.15, -0.1) is 0 Å². The highest BCUT2D eigenvalue weighted by atomic mass is 16.5. The predicted octanol–water partition coefficient (Wildman–Crippen LogP) is 2.05. The molecule has 1 saturated carbocycles. The number of carbonyl (C=O) groups is 1. The molecule has 1 spiro atoms.